The van der Waals surface area contributed by atoms with E-state index in [2.05, 4.69) is 6.92 Å². The second-order valence-electron chi connectivity index (χ2n) is 8.12. The molecule has 9 nitrogen and oxygen atoms in total. The van der Waals surface area contributed by atoms with Crippen molar-refractivity contribution in [1.29, 1.82) is 0 Å². The topological polar surface area (TPSA) is 98.8 Å². The fraction of sp³-hybridized carbons (Fsp3) is 0.913. The second kappa shape index (κ2) is 21.6. The summed E-state index contributed by atoms with van der Waals surface area (Å²) in [6.45, 7) is 11.6. The molecule has 0 saturated carbocycles. The number of esters is 2. The van der Waals surface area contributed by atoms with Crippen molar-refractivity contribution in [3.05, 3.63) is 0 Å². The average molecular weight is 465 g/mol. The summed E-state index contributed by atoms with van der Waals surface area (Å²) in [4.78, 5) is 22.9. The maximum Gasteiger partial charge on any atom is 0.332 e. The first kappa shape index (κ1) is 30.7. The molecule has 0 rings (SSSR count). The summed E-state index contributed by atoms with van der Waals surface area (Å²) in [6, 6.07) is 0. The van der Waals surface area contributed by atoms with Crippen LogP contribution < -0.4 is 0 Å². The van der Waals surface area contributed by atoms with E-state index in [9.17, 15) is 9.59 Å². The van der Waals surface area contributed by atoms with Crippen LogP contribution in [0.5, 0.6) is 0 Å². The third kappa shape index (κ3) is 25.0. The lowest BCUT2D eigenvalue weighted by atomic mass is 10.2. The molecule has 0 aromatic heterocycles. The van der Waals surface area contributed by atoms with E-state index in [-0.39, 0.29) is 25.2 Å². The van der Waals surface area contributed by atoms with Gasteiger partial charge < -0.3 is 33.2 Å². The number of rotatable bonds is 22. The minimum atomic E-state index is -0.505. The van der Waals surface area contributed by atoms with Gasteiger partial charge >= 0.3 is 11.9 Å². The number of hydrogen-bond donors (Lipinski definition) is 0. The molecule has 190 valence electrons. The summed E-state index contributed by atoms with van der Waals surface area (Å²) in [7, 11) is 0. The molecule has 0 aliphatic rings. The van der Waals surface area contributed by atoms with Gasteiger partial charge in [-0.1, -0.05) is 26.2 Å². The van der Waals surface area contributed by atoms with Crippen molar-refractivity contribution in [3.63, 3.8) is 0 Å². The van der Waals surface area contributed by atoms with Gasteiger partial charge in [0.1, 0.15) is 18.8 Å². The predicted molar refractivity (Wildman–Crippen MR) is 120 cm³/mol. The van der Waals surface area contributed by atoms with Gasteiger partial charge in [-0.15, -0.1) is 0 Å². The highest BCUT2D eigenvalue weighted by Crippen LogP contribution is 2.06. The van der Waals surface area contributed by atoms with E-state index < -0.39 is 5.60 Å². The normalized spacial score (nSPS) is 11.5. The average Bonchev–Trinajstić information content (AvgIpc) is 2.72. The molecule has 0 N–H and O–H groups in total. The van der Waals surface area contributed by atoms with Gasteiger partial charge in [0.15, 0.2) is 0 Å². The van der Waals surface area contributed by atoms with E-state index in [1.54, 1.807) is 0 Å². The highest BCUT2D eigenvalue weighted by Gasteiger charge is 2.15. The van der Waals surface area contributed by atoms with Crippen LogP contribution in [0.1, 0.15) is 59.8 Å². The van der Waals surface area contributed by atoms with Crippen LogP contribution >= 0.6 is 0 Å². The molecule has 0 saturated heterocycles. The van der Waals surface area contributed by atoms with Crippen LogP contribution in [-0.4, -0.2) is 90.2 Å². The Bertz CT molecular complexity index is 449. The van der Waals surface area contributed by atoms with Crippen molar-refractivity contribution in [2.45, 2.75) is 65.4 Å². The molecular formula is C23H44O9. The number of unbranched alkanes of at least 4 members (excludes halogenated alkanes) is 3. The van der Waals surface area contributed by atoms with E-state index in [0.717, 1.165) is 25.7 Å². The van der Waals surface area contributed by atoms with E-state index in [4.69, 9.17) is 33.2 Å². The van der Waals surface area contributed by atoms with Crippen molar-refractivity contribution in [2.24, 2.45) is 0 Å². The van der Waals surface area contributed by atoms with Crippen LogP contribution in [0, 0.1) is 0 Å². The summed E-state index contributed by atoms with van der Waals surface area (Å²) in [5.41, 5.74) is -0.505. The summed E-state index contributed by atoms with van der Waals surface area (Å²) in [6.07, 6.45) is 4.75. The third-order valence-corrected chi connectivity index (χ3v) is 3.85. The monoisotopic (exact) mass is 464 g/mol. The summed E-state index contributed by atoms with van der Waals surface area (Å²) < 4.78 is 36.9. The maximum atomic E-state index is 11.5. The van der Waals surface area contributed by atoms with Crippen LogP contribution in [0.15, 0.2) is 0 Å². The Morgan fingerprint density at radius 3 is 1.53 bits per heavy atom. The van der Waals surface area contributed by atoms with E-state index in [1.807, 2.05) is 20.8 Å². The molecule has 0 atom stereocenters. The van der Waals surface area contributed by atoms with E-state index in [0.29, 0.717) is 65.9 Å². The van der Waals surface area contributed by atoms with Crippen molar-refractivity contribution in [2.75, 3.05) is 72.7 Å². The zero-order valence-electron chi connectivity index (χ0n) is 20.5. The molecule has 9 heteroatoms. The molecule has 0 aromatic carbocycles. The maximum absolute atomic E-state index is 11.5. The molecule has 0 unspecified atom stereocenters. The first-order valence-electron chi connectivity index (χ1n) is 11.6. The lowest BCUT2D eigenvalue weighted by Gasteiger charge is -2.19. The molecule has 0 aliphatic carbocycles. The highest BCUT2D eigenvalue weighted by molar-refractivity contribution is 5.71. The molecule has 0 radical (unpaired) electrons. The molecule has 0 fully saturated rings. The third-order valence-electron chi connectivity index (χ3n) is 3.85. The molecule has 0 heterocycles. The highest BCUT2D eigenvalue weighted by atomic mass is 16.6. The van der Waals surface area contributed by atoms with Gasteiger partial charge in [0, 0.05) is 6.42 Å². The van der Waals surface area contributed by atoms with Gasteiger partial charge in [0.25, 0.3) is 0 Å². The SMILES string of the molecule is CCCCCCC(=O)OCCOCCOCCOCCOCCOCC(=O)OC(C)(C)C. The zero-order valence-corrected chi connectivity index (χ0v) is 20.5. The molecular weight excluding hydrogens is 420 g/mol. The van der Waals surface area contributed by atoms with Crippen LogP contribution in [0.3, 0.4) is 0 Å². The number of carbonyl (C=O) groups is 2. The van der Waals surface area contributed by atoms with Gasteiger partial charge in [-0.2, -0.15) is 0 Å². The predicted octanol–water partition coefficient (Wildman–Crippen LogP) is 2.92. The van der Waals surface area contributed by atoms with Gasteiger partial charge in [0.05, 0.1) is 59.5 Å². The van der Waals surface area contributed by atoms with Crippen LogP contribution in [0.25, 0.3) is 0 Å². The minimum absolute atomic E-state index is 0.0809. The Labute approximate surface area is 193 Å². The first-order valence-corrected chi connectivity index (χ1v) is 11.6. The van der Waals surface area contributed by atoms with E-state index >= 15 is 0 Å². The lowest BCUT2D eigenvalue weighted by Crippen LogP contribution is -2.27. The fourth-order valence-corrected chi connectivity index (χ4v) is 2.39. The summed E-state index contributed by atoms with van der Waals surface area (Å²) >= 11 is 0. The Balaban J connectivity index is 3.19. The number of hydrogen-bond acceptors (Lipinski definition) is 9. The van der Waals surface area contributed by atoms with Crippen LogP contribution in [0.4, 0.5) is 0 Å². The summed E-state index contributed by atoms with van der Waals surface area (Å²) in [5, 5.41) is 0. The molecule has 0 aliphatic heterocycles. The Kier molecular flexibility index (Phi) is 20.7. The molecule has 0 amide bonds. The summed E-state index contributed by atoms with van der Waals surface area (Å²) in [5.74, 6) is -0.543. The first-order chi connectivity index (χ1) is 15.3. The van der Waals surface area contributed by atoms with Crippen LogP contribution in [-0.2, 0) is 42.7 Å². The molecule has 0 spiro atoms. The number of ether oxygens (including phenoxy) is 7. The van der Waals surface area contributed by atoms with E-state index in [1.165, 1.54) is 0 Å². The number of carbonyl (C=O) groups excluding carboxylic acids is 2. The van der Waals surface area contributed by atoms with Gasteiger partial charge in [0.2, 0.25) is 0 Å². The smallest absolute Gasteiger partial charge is 0.332 e. The van der Waals surface area contributed by atoms with Crippen molar-refractivity contribution in [1.82, 2.24) is 0 Å². The zero-order chi connectivity index (χ0) is 23.9. The lowest BCUT2D eigenvalue weighted by molar-refractivity contribution is -0.160. The van der Waals surface area contributed by atoms with Gasteiger partial charge in [-0.25, -0.2) is 4.79 Å². The largest absolute Gasteiger partial charge is 0.463 e. The van der Waals surface area contributed by atoms with Gasteiger partial charge in [-0.05, 0) is 27.2 Å². The molecule has 0 aromatic rings. The Morgan fingerprint density at radius 1 is 0.594 bits per heavy atom. The van der Waals surface area contributed by atoms with Crippen molar-refractivity contribution >= 4 is 11.9 Å². The molecule has 0 bridgehead atoms. The Morgan fingerprint density at radius 2 is 1.06 bits per heavy atom. The second-order valence-corrected chi connectivity index (χ2v) is 8.12. The van der Waals surface area contributed by atoms with Crippen molar-refractivity contribution < 1.29 is 42.7 Å². The fourth-order valence-electron chi connectivity index (χ4n) is 2.39. The quantitative estimate of drug-likeness (QED) is 0.177. The standard InChI is InChI=1S/C23H44O9/c1-5-6-7-8-9-21(24)31-19-18-29-15-14-27-11-10-26-12-13-28-16-17-30-20-22(25)32-23(2,3)4/h5-20H2,1-4H3. The Hall–Kier alpha value is -1.26. The molecule has 32 heavy (non-hydrogen) atoms. The minimum Gasteiger partial charge on any atom is -0.463 e. The van der Waals surface area contributed by atoms with Gasteiger partial charge in [-0.3, -0.25) is 4.79 Å². The van der Waals surface area contributed by atoms with Crippen LogP contribution in [0.2, 0.25) is 0 Å². The van der Waals surface area contributed by atoms with Crippen molar-refractivity contribution in [3.8, 4) is 0 Å².